The van der Waals surface area contributed by atoms with Crippen molar-refractivity contribution in [3.8, 4) is 0 Å². The van der Waals surface area contributed by atoms with Crippen LogP contribution in [0.5, 0.6) is 0 Å². The van der Waals surface area contributed by atoms with Gasteiger partial charge in [-0.3, -0.25) is 9.59 Å². The Morgan fingerprint density at radius 1 is 1.13 bits per heavy atom. The third kappa shape index (κ3) is 4.82. The van der Waals surface area contributed by atoms with Crippen molar-refractivity contribution in [2.45, 2.75) is 6.04 Å². The van der Waals surface area contributed by atoms with Crippen LogP contribution in [0.4, 0.5) is 4.39 Å². The average molecular weight is 411 g/mol. The lowest BCUT2D eigenvalue weighted by Gasteiger charge is -2.26. The Hall–Kier alpha value is -3.29. The predicted molar refractivity (Wildman–Crippen MR) is 109 cm³/mol. The molecular formula is C23H22FNO5. The summed E-state index contributed by atoms with van der Waals surface area (Å²) in [7, 11) is 0. The van der Waals surface area contributed by atoms with Crippen molar-refractivity contribution in [1.29, 1.82) is 0 Å². The van der Waals surface area contributed by atoms with Crippen LogP contribution in [0.2, 0.25) is 0 Å². The van der Waals surface area contributed by atoms with Crippen molar-refractivity contribution >= 4 is 17.8 Å². The smallest absolute Gasteiger partial charge is 0.290 e. The molecule has 2 N–H and O–H groups in total. The number of rotatable bonds is 9. The van der Waals surface area contributed by atoms with Gasteiger partial charge in [0, 0.05) is 6.54 Å². The zero-order chi connectivity index (χ0) is 21.5. The summed E-state index contributed by atoms with van der Waals surface area (Å²) < 4.78 is 19.1. The van der Waals surface area contributed by atoms with Gasteiger partial charge in [0.05, 0.1) is 31.4 Å². The van der Waals surface area contributed by atoms with Crippen molar-refractivity contribution in [2.75, 3.05) is 26.4 Å². The molecule has 0 saturated carbocycles. The van der Waals surface area contributed by atoms with Gasteiger partial charge in [0.25, 0.3) is 5.91 Å². The maximum Gasteiger partial charge on any atom is 0.290 e. The summed E-state index contributed by atoms with van der Waals surface area (Å²) in [6.07, 6.45) is 2.87. The molecule has 2 aromatic rings. The minimum atomic E-state index is -0.946. The lowest BCUT2D eigenvalue weighted by atomic mass is 9.95. The van der Waals surface area contributed by atoms with Gasteiger partial charge in [-0.1, -0.05) is 48.5 Å². The molecule has 0 spiro atoms. The van der Waals surface area contributed by atoms with E-state index in [0.29, 0.717) is 5.56 Å². The molecule has 156 valence electrons. The standard InChI is InChI=1S/C23H22FNO5/c24-18-8-4-7-17(15-18)21-20(19(27)10-9-16-5-2-1-3-6-16)22(28)23(29)25(21)11-13-30-14-12-26/h1-10,15,21,26,28H,11-14H2. The number of ketones is 1. The summed E-state index contributed by atoms with van der Waals surface area (Å²) in [4.78, 5) is 26.9. The second kappa shape index (κ2) is 9.96. The number of allylic oxidation sites excluding steroid dienone is 1. The molecule has 30 heavy (non-hydrogen) atoms. The molecule has 1 atom stereocenters. The second-order valence-corrected chi connectivity index (χ2v) is 6.66. The van der Waals surface area contributed by atoms with Crippen LogP contribution in [-0.2, 0) is 14.3 Å². The number of halogens is 1. The molecule has 0 aromatic heterocycles. The summed E-state index contributed by atoms with van der Waals surface area (Å²) in [6, 6.07) is 13.7. The van der Waals surface area contributed by atoms with Crippen molar-refractivity contribution in [2.24, 2.45) is 0 Å². The molecule has 1 aliphatic heterocycles. The van der Waals surface area contributed by atoms with E-state index in [0.717, 1.165) is 5.56 Å². The molecular weight excluding hydrogens is 389 g/mol. The van der Waals surface area contributed by atoms with Gasteiger partial charge in [0.1, 0.15) is 5.82 Å². The maximum absolute atomic E-state index is 13.9. The zero-order valence-corrected chi connectivity index (χ0v) is 16.2. The van der Waals surface area contributed by atoms with Gasteiger partial charge in [-0.2, -0.15) is 0 Å². The zero-order valence-electron chi connectivity index (χ0n) is 16.2. The molecule has 0 radical (unpaired) electrons. The largest absolute Gasteiger partial charge is 0.503 e. The van der Waals surface area contributed by atoms with Gasteiger partial charge in [-0.25, -0.2) is 4.39 Å². The Bertz CT molecular complexity index is 971. The van der Waals surface area contributed by atoms with Crippen LogP contribution >= 0.6 is 0 Å². The molecule has 3 rings (SSSR count). The molecule has 1 heterocycles. The van der Waals surface area contributed by atoms with Gasteiger partial charge in [-0.15, -0.1) is 0 Å². The third-order valence-corrected chi connectivity index (χ3v) is 4.67. The average Bonchev–Trinajstić information content (AvgIpc) is 3.01. The normalized spacial score (nSPS) is 16.7. The third-order valence-electron chi connectivity index (χ3n) is 4.67. The van der Waals surface area contributed by atoms with Crippen molar-refractivity contribution < 1.29 is 28.9 Å². The fraction of sp³-hybridized carbons (Fsp3) is 0.217. The SMILES string of the molecule is O=C(C=Cc1ccccc1)C1=C(O)C(=O)N(CCOCCO)C1c1cccc(F)c1. The van der Waals surface area contributed by atoms with Crippen molar-refractivity contribution in [1.82, 2.24) is 4.90 Å². The minimum absolute atomic E-state index is 0.0588. The van der Waals surface area contributed by atoms with E-state index in [4.69, 9.17) is 9.84 Å². The van der Waals surface area contributed by atoms with E-state index in [-0.39, 0.29) is 31.9 Å². The molecule has 2 aromatic carbocycles. The maximum atomic E-state index is 13.9. The monoisotopic (exact) mass is 411 g/mol. The highest BCUT2D eigenvalue weighted by atomic mass is 19.1. The van der Waals surface area contributed by atoms with Gasteiger partial charge in [0.15, 0.2) is 11.5 Å². The van der Waals surface area contributed by atoms with Crippen LogP contribution in [0.3, 0.4) is 0 Å². The Balaban J connectivity index is 1.92. The number of aliphatic hydroxyl groups is 2. The van der Waals surface area contributed by atoms with Crippen LogP contribution < -0.4 is 0 Å². The molecule has 6 nitrogen and oxygen atoms in total. The summed E-state index contributed by atoms with van der Waals surface area (Å²) in [5.74, 6) is -2.45. The van der Waals surface area contributed by atoms with Crippen LogP contribution in [0.1, 0.15) is 17.2 Å². The molecule has 0 saturated heterocycles. The van der Waals surface area contributed by atoms with E-state index in [1.165, 1.54) is 29.2 Å². The van der Waals surface area contributed by atoms with E-state index in [9.17, 15) is 19.1 Å². The van der Waals surface area contributed by atoms with Crippen LogP contribution in [0.25, 0.3) is 6.08 Å². The number of carbonyl (C=O) groups is 2. The Kier molecular flexibility index (Phi) is 7.11. The molecule has 1 unspecified atom stereocenters. The highest BCUT2D eigenvalue weighted by molar-refractivity contribution is 6.14. The van der Waals surface area contributed by atoms with Gasteiger partial charge >= 0.3 is 0 Å². The summed E-state index contributed by atoms with van der Waals surface area (Å²) >= 11 is 0. The van der Waals surface area contributed by atoms with Gasteiger partial charge in [-0.05, 0) is 29.3 Å². The second-order valence-electron chi connectivity index (χ2n) is 6.66. The van der Waals surface area contributed by atoms with E-state index in [1.807, 2.05) is 30.3 Å². The van der Waals surface area contributed by atoms with Crippen molar-refractivity contribution in [3.63, 3.8) is 0 Å². The molecule has 0 bridgehead atoms. The van der Waals surface area contributed by atoms with Crippen LogP contribution in [0.15, 0.2) is 72.0 Å². The minimum Gasteiger partial charge on any atom is -0.503 e. The Morgan fingerprint density at radius 3 is 2.60 bits per heavy atom. The van der Waals surface area contributed by atoms with E-state index >= 15 is 0 Å². The first-order valence-corrected chi connectivity index (χ1v) is 9.48. The number of aliphatic hydroxyl groups excluding tert-OH is 2. The number of benzene rings is 2. The lowest BCUT2D eigenvalue weighted by molar-refractivity contribution is -0.130. The molecule has 0 aliphatic carbocycles. The van der Waals surface area contributed by atoms with Gasteiger partial charge < -0.3 is 19.8 Å². The number of amides is 1. The first-order chi connectivity index (χ1) is 14.5. The lowest BCUT2D eigenvalue weighted by Crippen LogP contribution is -2.34. The van der Waals surface area contributed by atoms with Crippen molar-refractivity contribution in [3.05, 3.63) is 88.9 Å². The number of hydrogen-bond donors (Lipinski definition) is 2. The number of nitrogens with zero attached hydrogens (tertiary/aromatic N) is 1. The molecule has 1 aliphatic rings. The first-order valence-electron chi connectivity index (χ1n) is 9.48. The Labute approximate surface area is 173 Å². The highest BCUT2D eigenvalue weighted by Crippen LogP contribution is 2.38. The molecule has 1 amide bonds. The highest BCUT2D eigenvalue weighted by Gasteiger charge is 2.42. The van der Waals surface area contributed by atoms with Crippen LogP contribution in [-0.4, -0.2) is 53.2 Å². The fourth-order valence-corrected chi connectivity index (χ4v) is 3.31. The van der Waals surface area contributed by atoms with E-state index in [2.05, 4.69) is 0 Å². The van der Waals surface area contributed by atoms with Crippen LogP contribution in [0, 0.1) is 5.82 Å². The topological polar surface area (TPSA) is 87.1 Å². The fourth-order valence-electron chi connectivity index (χ4n) is 3.31. The summed E-state index contributed by atoms with van der Waals surface area (Å²) in [5, 5.41) is 19.3. The predicted octanol–water partition coefficient (Wildman–Crippen LogP) is 2.81. The summed E-state index contributed by atoms with van der Waals surface area (Å²) in [5.41, 5.74) is 1.04. The van der Waals surface area contributed by atoms with Gasteiger partial charge in [0.2, 0.25) is 0 Å². The van der Waals surface area contributed by atoms with E-state index < -0.39 is 29.3 Å². The molecule has 7 heteroatoms. The number of ether oxygens (including phenoxy) is 1. The quantitative estimate of drug-likeness (QED) is 0.490. The first kappa shape index (κ1) is 21.4. The number of carbonyl (C=O) groups excluding carboxylic acids is 2. The Morgan fingerprint density at radius 2 is 1.90 bits per heavy atom. The molecule has 0 fully saturated rings. The summed E-state index contributed by atoms with van der Waals surface area (Å²) in [6.45, 7) is 0.0758. The van der Waals surface area contributed by atoms with E-state index in [1.54, 1.807) is 12.1 Å². The number of hydrogen-bond acceptors (Lipinski definition) is 5.